The number of hydrogen-bond donors (Lipinski definition) is 2. The first-order chi connectivity index (χ1) is 8.68. The quantitative estimate of drug-likeness (QED) is 0.851. The van der Waals surface area contributed by atoms with Gasteiger partial charge in [-0.05, 0) is 19.8 Å². The van der Waals surface area contributed by atoms with Crippen molar-refractivity contribution in [2.75, 3.05) is 11.9 Å². The van der Waals surface area contributed by atoms with Crippen LogP contribution in [0.4, 0.5) is 5.82 Å². The second-order valence-corrected chi connectivity index (χ2v) is 5.00. The molecule has 0 amide bonds. The number of nitrogens with zero attached hydrogens (tertiary/aromatic N) is 4. The molecule has 1 aliphatic rings. The normalized spacial score (nSPS) is 18.3. The van der Waals surface area contributed by atoms with Crippen LogP contribution in [0.1, 0.15) is 31.5 Å². The molecule has 1 saturated carbocycles. The van der Waals surface area contributed by atoms with E-state index in [1.807, 2.05) is 17.5 Å². The summed E-state index contributed by atoms with van der Waals surface area (Å²) in [4.78, 5) is 4.27. The molecule has 3 rings (SSSR count). The van der Waals surface area contributed by atoms with E-state index in [0.29, 0.717) is 18.0 Å². The van der Waals surface area contributed by atoms with E-state index >= 15 is 0 Å². The van der Waals surface area contributed by atoms with Crippen molar-refractivity contribution in [3.05, 3.63) is 18.2 Å². The van der Waals surface area contributed by atoms with Crippen LogP contribution in [0, 0.1) is 6.92 Å². The van der Waals surface area contributed by atoms with E-state index in [1.54, 1.807) is 6.20 Å². The number of nitrogens with one attached hydrogen (secondary N) is 1. The maximum Gasteiger partial charge on any atom is 0.203 e. The summed E-state index contributed by atoms with van der Waals surface area (Å²) in [6, 6.07) is 0. The Kier molecular flexibility index (Phi) is 2.66. The molecule has 1 fully saturated rings. The molecule has 2 heterocycles. The third kappa shape index (κ3) is 1.92. The first-order valence-corrected chi connectivity index (χ1v) is 6.31. The molecule has 2 N–H and O–H groups in total. The minimum absolute atomic E-state index is 0.519. The highest BCUT2D eigenvalue weighted by Crippen LogP contribution is 2.29. The van der Waals surface area contributed by atoms with E-state index in [9.17, 15) is 5.11 Å². The number of rotatable bonds is 3. The van der Waals surface area contributed by atoms with Crippen LogP contribution in [0.2, 0.25) is 0 Å². The summed E-state index contributed by atoms with van der Waals surface area (Å²) in [5.74, 6) is 1.51. The highest BCUT2D eigenvalue weighted by molar-refractivity contribution is 5.62. The molecule has 18 heavy (non-hydrogen) atoms. The molecule has 6 nitrogen and oxygen atoms in total. The van der Waals surface area contributed by atoms with Crippen molar-refractivity contribution in [1.82, 2.24) is 19.6 Å². The Morgan fingerprint density at radius 3 is 2.94 bits per heavy atom. The number of aromatic nitrogens is 4. The molecule has 0 aliphatic heterocycles. The van der Waals surface area contributed by atoms with Crippen LogP contribution in [0.5, 0.6) is 0 Å². The lowest BCUT2D eigenvalue weighted by Gasteiger charge is -2.22. The fourth-order valence-electron chi connectivity index (χ4n) is 2.52. The zero-order chi connectivity index (χ0) is 12.6. The van der Waals surface area contributed by atoms with Gasteiger partial charge in [0.15, 0.2) is 5.82 Å². The van der Waals surface area contributed by atoms with E-state index in [2.05, 4.69) is 20.5 Å². The summed E-state index contributed by atoms with van der Waals surface area (Å²) in [7, 11) is 0. The molecule has 0 unspecified atom stereocenters. The SMILES string of the molecule is Cc1nnc2c(NCC3(O)CCCC3)nccn12. The molecule has 0 atom stereocenters. The predicted molar refractivity (Wildman–Crippen MR) is 67.4 cm³/mol. The highest BCUT2D eigenvalue weighted by Gasteiger charge is 2.31. The Labute approximate surface area is 105 Å². The summed E-state index contributed by atoms with van der Waals surface area (Å²) in [5.41, 5.74) is 0.112. The van der Waals surface area contributed by atoms with Crippen LogP contribution in [0.15, 0.2) is 12.4 Å². The second kappa shape index (κ2) is 4.20. The number of aryl methyl sites for hydroxylation is 1. The summed E-state index contributed by atoms with van der Waals surface area (Å²) < 4.78 is 1.88. The van der Waals surface area contributed by atoms with Crippen LogP contribution < -0.4 is 5.32 Å². The van der Waals surface area contributed by atoms with Crippen molar-refractivity contribution in [2.24, 2.45) is 0 Å². The summed E-state index contributed by atoms with van der Waals surface area (Å²) in [6.45, 7) is 2.42. The lowest BCUT2D eigenvalue weighted by Crippen LogP contribution is -2.33. The number of aliphatic hydroxyl groups is 1. The van der Waals surface area contributed by atoms with Gasteiger partial charge in [-0.15, -0.1) is 10.2 Å². The Bertz CT molecular complexity index is 559. The Balaban J connectivity index is 1.82. The summed E-state index contributed by atoms with van der Waals surface area (Å²) >= 11 is 0. The number of fused-ring (bicyclic) bond motifs is 1. The van der Waals surface area contributed by atoms with Crippen LogP contribution in [-0.2, 0) is 0 Å². The number of anilines is 1. The fourth-order valence-corrected chi connectivity index (χ4v) is 2.52. The van der Waals surface area contributed by atoms with E-state index in [1.165, 1.54) is 0 Å². The van der Waals surface area contributed by atoms with Gasteiger partial charge in [0.2, 0.25) is 5.65 Å². The standard InChI is InChI=1S/C12H17N5O/c1-9-15-16-11-10(13-6-7-17(9)11)14-8-12(18)4-2-3-5-12/h6-7,18H,2-5,8H2,1H3,(H,13,14). The van der Waals surface area contributed by atoms with Crippen molar-refractivity contribution in [3.63, 3.8) is 0 Å². The maximum absolute atomic E-state index is 10.3. The topological polar surface area (TPSA) is 75.3 Å². The van der Waals surface area contributed by atoms with Gasteiger partial charge in [0.05, 0.1) is 5.60 Å². The average molecular weight is 247 g/mol. The van der Waals surface area contributed by atoms with Crippen LogP contribution in [0.3, 0.4) is 0 Å². The van der Waals surface area contributed by atoms with Crippen molar-refractivity contribution < 1.29 is 5.11 Å². The third-order valence-electron chi connectivity index (χ3n) is 3.62. The van der Waals surface area contributed by atoms with Gasteiger partial charge in [-0.2, -0.15) is 0 Å². The van der Waals surface area contributed by atoms with E-state index < -0.39 is 5.60 Å². The smallest absolute Gasteiger partial charge is 0.203 e. The minimum Gasteiger partial charge on any atom is -0.388 e. The molecule has 0 spiro atoms. The second-order valence-electron chi connectivity index (χ2n) is 5.00. The van der Waals surface area contributed by atoms with Crippen molar-refractivity contribution in [3.8, 4) is 0 Å². The number of hydrogen-bond acceptors (Lipinski definition) is 5. The first-order valence-electron chi connectivity index (χ1n) is 6.31. The summed E-state index contributed by atoms with van der Waals surface area (Å²) in [5, 5.41) is 21.6. The molecular weight excluding hydrogens is 230 g/mol. The Morgan fingerprint density at radius 1 is 1.39 bits per heavy atom. The van der Waals surface area contributed by atoms with Crippen LogP contribution >= 0.6 is 0 Å². The average Bonchev–Trinajstić information content (AvgIpc) is 2.96. The molecule has 6 heteroatoms. The van der Waals surface area contributed by atoms with Gasteiger partial charge in [0.1, 0.15) is 5.82 Å². The Hall–Kier alpha value is -1.69. The van der Waals surface area contributed by atoms with Crippen LogP contribution in [-0.4, -0.2) is 36.8 Å². The zero-order valence-corrected chi connectivity index (χ0v) is 10.4. The maximum atomic E-state index is 10.3. The molecular formula is C12H17N5O. The fraction of sp³-hybridized carbons (Fsp3) is 0.583. The molecule has 1 aliphatic carbocycles. The molecule has 2 aromatic rings. The van der Waals surface area contributed by atoms with Gasteiger partial charge >= 0.3 is 0 Å². The van der Waals surface area contributed by atoms with Gasteiger partial charge in [-0.3, -0.25) is 4.40 Å². The largest absolute Gasteiger partial charge is 0.388 e. The van der Waals surface area contributed by atoms with E-state index in [-0.39, 0.29) is 0 Å². The van der Waals surface area contributed by atoms with Gasteiger partial charge in [0, 0.05) is 18.9 Å². The molecule has 0 aromatic carbocycles. The lowest BCUT2D eigenvalue weighted by atomic mass is 10.0. The van der Waals surface area contributed by atoms with E-state index in [0.717, 1.165) is 31.5 Å². The van der Waals surface area contributed by atoms with E-state index in [4.69, 9.17) is 0 Å². The van der Waals surface area contributed by atoms with Gasteiger partial charge < -0.3 is 10.4 Å². The highest BCUT2D eigenvalue weighted by atomic mass is 16.3. The molecule has 2 aromatic heterocycles. The third-order valence-corrected chi connectivity index (χ3v) is 3.62. The zero-order valence-electron chi connectivity index (χ0n) is 10.4. The van der Waals surface area contributed by atoms with Crippen molar-refractivity contribution in [2.45, 2.75) is 38.2 Å². The predicted octanol–water partition coefficient (Wildman–Crippen LogP) is 1.15. The van der Waals surface area contributed by atoms with Crippen molar-refractivity contribution >= 4 is 11.5 Å². The van der Waals surface area contributed by atoms with Gasteiger partial charge in [0.25, 0.3) is 0 Å². The van der Waals surface area contributed by atoms with Crippen molar-refractivity contribution in [1.29, 1.82) is 0 Å². The molecule has 96 valence electrons. The molecule has 0 saturated heterocycles. The first kappa shape index (κ1) is 11.4. The monoisotopic (exact) mass is 247 g/mol. The Morgan fingerprint density at radius 2 is 2.17 bits per heavy atom. The summed E-state index contributed by atoms with van der Waals surface area (Å²) in [6.07, 6.45) is 7.45. The lowest BCUT2D eigenvalue weighted by molar-refractivity contribution is 0.0614. The van der Waals surface area contributed by atoms with Gasteiger partial charge in [-0.1, -0.05) is 12.8 Å². The minimum atomic E-state index is -0.594. The van der Waals surface area contributed by atoms with Crippen LogP contribution in [0.25, 0.3) is 5.65 Å². The molecule has 0 radical (unpaired) electrons. The van der Waals surface area contributed by atoms with Gasteiger partial charge in [-0.25, -0.2) is 4.98 Å². The molecule has 0 bridgehead atoms.